The molecule has 1 aliphatic rings. The quantitative estimate of drug-likeness (QED) is 0.679. The number of aryl methyl sites for hydroxylation is 1. The third-order valence-electron chi connectivity index (χ3n) is 4.12. The van der Waals surface area contributed by atoms with Crippen LogP contribution in [0.25, 0.3) is 11.3 Å². The zero-order chi connectivity index (χ0) is 19.5. The van der Waals surface area contributed by atoms with E-state index in [4.69, 9.17) is 18.9 Å². The molecule has 0 atom stereocenters. The number of hydrogen-bond acceptors (Lipinski definition) is 7. The second-order valence-electron chi connectivity index (χ2n) is 5.98. The SMILES string of the molecule is COc1ccccc1OCC(=O)Nc1nc(-c2ccc3c(c2)OCO3)c(C)s1. The van der Waals surface area contributed by atoms with Crippen LogP contribution in [0.3, 0.4) is 0 Å². The van der Waals surface area contributed by atoms with Crippen LogP contribution in [0, 0.1) is 6.92 Å². The minimum absolute atomic E-state index is 0.141. The van der Waals surface area contributed by atoms with Crippen LogP contribution in [0.2, 0.25) is 0 Å². The fourth-order valence-electron chi connectivity index (χ4n) is 2.80. The molecule has 0 spiro atoms. The maximum atomic E-state index is 12.2. The summed E-state index contributed by atoms with van der Waals surface area (Å²) < 4.78 is 21.5. The number of ether oxygens (including phenoxy) is 4. The van der Waals surface area contributed by atoms with Gasteiger partial charge in [-0.3, -0.25) is 10.1 Å². The number of nitrogens with zero attached hydrogens (tertiary/aromatic N) is 1. The van der Waals surface area contributed by atoms with Crippen molar-refractivity contribution in [2.75, 3.05) is 25.8 Å². The molecule has 2 heterocycles. The van der Waals surface area contributed by atoms with E-state index >= 15 is 0 Å². The summed E-state index contributed by atoms with van der Waals surface area (Å²) in [5.41, 5.74) is 1.70. The number of thiazole rings is 1. The largest absolute Gasteiger partial charge is 0.493 e. The molecule has 7 nitrogen and oxygen atoms in total. The molecule has 0 unspecified atom stereocenters. The second-order valence-corrected chi connectivity index (χ2v) is 7.18. The first-order valence-corrected chi connectivity index (χ1v) is 9.39. The number of hydrogen-bond donors (Lipinski definition) is 1. The Kier molecular flexibility index (Phi) is 5.03. The molecule has 0 aliphatic carbocycles. The number of benzene rings is 2. The molecule has 4 rings (SSSR count). The Bertz CT molecular complexity index is 1020. The van der Waals surface area contributed by atoms with Crippen molar-refractivity contribution in [3.8, 4) is 34.3 Å². The molecule has 0 bridgehead atoms. The van der Waals surface area contributed by atoms with Crippen molar-refractivity contribution in [1.82, 2.24) is 4.98 Å². The molecule has 8 heteroatoms. The van der Waals surface area contributed by atoms with Gasteiger partial charge in [-0.05, 0) is 37.3 Å². The van der Waals surface area contributed by atoms with Gasteiger partial charge < -0.3 is 18.9 Å². The van der Waals surface area contributed by atoms with Crippen molar-refractivity contribution >= 4 is 22.4 Å². The van der Waals surface area contributed by atoms with E-state index < -0.39 is 0 Å². The van der Waals surface area contributed by atoms with Crippen molar-refractivity contribution in [2.24, 2.45) is 0 Å². The van der Waals surface area contributed by atoms with Gasteiger partial charge in [0.2, 0.25) is 6.79 Å². The summed E-state index contributed by atoms with van der Waals surface area (Å²) in [5.74, 6) is 2.21. The van der Waals surface area contributed by atoms with Gasteiger partial charge in [0.15, 0.2) is 34.7 Å². The Hall–Kier alpha value is -3.26. The highest BCUT2D eigenvalue weighted by molar-refractivity contribution is 7.16. The van der Waals surface area contributed by atoms with Crippen molar-refractivity contribution in [3.63, 3.8) is 0 Å². The zero-order valence-electron chi connectivity index (χ0n) is 15.4. The van der Waals surface area contributed by atoms with Crippen LogP contribution in [-0.4, -0.2) is 31.4 Å². The van der Waals surface area contributed by atoms with Crippen LogP contribution in [0.5, 0.6) is 23.0 Å². The molecule has 3 aromatic rings. The Morgan fingerprint density at radius 3 is 2.79 bits per heavy atom. The molecule has 28 heavy (non-hydrogen) atoms. The number of nitrogens with one attached hydrogen (secondary N) is 1. The minimum Gasteiger partial charge on any atom is -0.493 e. The van der Waals surface area contributed by atoms with Gasteiger partial charge in [0, 0.05) is 10.4 Å². The van der Waals surface area contributed by atoms with Gasteiger partial charge in [-0.25, -0.2) is 4.98 Å². The Balaban J connectivity index is 1.43. The van der Waals surface area contributed by atoms with E-state index in [1.54, 1.807) is 19.2 Å². The molecule has 144 valence electrons. The zero-order valence-corrected chi connectivity index (χ0v) is 16.2. The second kappa shape index (κ2) is 7.77. The van der Waals surface area contributed by atoms with Gasteiger partial charge in [0.25, 0.3) is 5.91 Å². The van der Waals surface area contributed by atoms with Gasteiger partial charge in [0.05, 0.1) is 12.8 Å². The van der Waals surface area contributed by atoms with Crippen LogP contribution in [0.4, 0.5) is 5.13 Å². The lowest BCUT2D eigenvalue weighted by molar-refractivity contribution is -0.118. The van der Waals surface area contributed by atoms with E-state index in [1.807, 2.05) is 37.3 Å². The summed E-state index contributed by atoms with van der Waals surface area (Å²) in [6, 6.07) is 12.8. The molecule has 1 aromatic heterocycles. The molecule has 0 radical (unpaired) electrons. The number of carbonyl (C=O) groups excluding carboxylic acids is 1. The molecular formula is C20H18N2O5S. The van der Waals surface area contributed by atoms with Crippen molar-refractivity contribution in [3.05, 3.63) is 47.3 Å². The number of para-hydroxylation sites is 2. The average molecular weight is 398 g/mol. The summed E-state index contributed by atoms with van der Waals surface area (Å²) in [4.78, 5) is 17.8. The first kappa shape index (κ1) is 18.1. The summed E-state index contributed by atoms with van der Waals surface area (Å²) in [5, 5.41) is 3.29. The molecule has 0 fully saturated rings. The molecule has 2 aromatic carbocycles. The lowest BCUT2D eigenvalue weighted by Crippen LogP contribution is -2.20. The highest BCUT2D eigenvalue weighted by atomic mass is 32.1. The maximum Gasteiger partial charge on any atom is 0.264 e. The van der Waals surface area contributed by atoms with Crippen molar-refractivity contribution < 1.29 is 23.7 Å². The summed E-state index contributed by atoms with van der Waals surface area (Å²) in [6.07, 6.45) is 0. The molecule has 0 saturated heterocycles. The Morgan fingerprint density at radius 2 is 1.96 bits per heavy atom. The monoisotopic (exact) mass is 398 g/mol. The van der Waals surface area contributed by atoms with Crippen molar-refractivity contribution in [2.45, 2.75) is 6.92 Å². The van der Waals surface area contributed by atoms with E-state index in [1.165, 1.54) is 11.3 Å². The highest BCUT2D eigenvalue weighted by Crippen LogP contribution is 2.38. The summed E-state index contributed by atoms with van der Waals surface area (Å²) >= 11 is 1.40. The van der Waals surface area contributed by atoms with E-state index in [0.717, 1.165) is 21.9 Å². The molecule has 1 aliphatic heterocycles. The number of carbonyl (C=O) groups is 1. The number of amides is 1. The number of rotatable bonds is 6. The maximum absolute atomic E-state index is 12.2. The average Bonchev–Trinajstić information content (AvgIpc) is 3.32. The number of anilines is 1. The first-order valence-electron chi connectivity index (χ1n) is 8.57. The molecular weight excluding hydrogens is 380 g/mol. The van der Waals surface area contributed by atoms with Crippen LogP contribution >= 0.6 is 11.3 Å². The van der Waals surface area contributed by atoms with Crippen LogP contribution in [0.15, 0.2) is 42.5 Å². The fourth-order valence-corrected chi connectivity index (χ4v) is 3.65. The smallest absolute Gasteiger partial charge is 0.264 e. The first-order chi connectivity index (χ1) is 13.6. The molecule has 1 N–H and O–H groups in total. The van der Waals surface area contributed by atoms with Crippen LogP contribution < -0.4 is 24.3 Å². The molecule has 1 amide bonds. The molecule has 0 saturated carbocycles. The lowest BCUT2D eigenvalue weighted by atomic mass is 10.1. The Morgan fingerprint density at radius 1 is 1.18 bits per heavy atom. The predicted molar refractivity (Wildman–Crippen MR) is 106 cm³/mol. The Labute approximate surface area is 165 Å². The minimum atomic E-state index is -0.295. The number of methoxy groups -OCH3 is 1. The van der Waals surface area contributed by atoms with Gasteiger partial charge in [-0.1, -0.05) is 12.1 Å². The highest BCUT2D eigenvalue weighted by Gasteiger charge is 2.17. The van der Waals surface area contributed by atoms with E-state index in [-0.39, 0.29) is 19.3 Å². The van der Waals surface area contributed by atoms with Gasteiger partial charge in [-0.15, -0.1) is 11.3 Å². The predicted octanol–water partition coefficient (Wildman–Crippen LogP) is 3.87. The topological polar surface area (TPSA) is 78.9 Å². The third kappa shape index (κ3) is 3.72. The van der Waals surface area contributed by atoms with E-state index in [2.05, 4.69) is 10.3 Å². The lowest BCUT2D eigenvalue weighted by Gasteiger charge is -2.09. The van der Waals surface area contributed by atoms with Gasteiger partial charge >= 0.3 is 0 Å². The van der Waals surface area contributed by atoms with Crippen molar-refractivity contribution in [1.29, 1.82) is 0 Å². The normalized spacial score (nSPS) is 11.9. The van der Waals surface area contributed by atoms with E-state index in [0.29, 0.717) is 22.4 Å². The fraction of sp³-hybridized carbons (Fsp3) is 0.200. The van der Waals surface area contributed by atoms with E-state index in [9.17, 15) is 4.79 Å². The third-order valence-corrected chi connectivity index (χ3v) is 5.00. The number of fused-ring (bicyclic) bond motifs is 1. The standard InChI is InChI=1S/C20H18N2O5S/c1-12-19(13-7-8-16-17(9-13)27-11-26-16)22-20(28-12)21-18(23)10-25-15-6-4-3-5-14(15)24-2/h3-9H,10-11H2,1-2H3,(H,21,22,23). The van der Waals surface area contributed by atoms with Gasteiger partial charge in [0.1, 0.15) is 0 Å². The van der Waals surface area contributed by atoms with Gasteiger partial charge in [-0.2, -0.15) is 0 Å². The summed E-state index contributed by atoms with van der Waals surface area (Å²) in [7, 11) is 1.55. The van der Waals surface area contributed by atoms with Crippen LogP contribution in [0.1, 0.15) is 4.88 Å². The number of aromatic nitrogens is 1. The summed E-state index contributed by atoms with van der Waals surface area (Å²) in [6.45, 7) is 2.04. The van der Waals surface area contributed by atoms with Crippen LogP contribution in [-0.2, 0) is 4.79 Å².